The Morgan fingerprint density at radius 3 is 2.68 bits per heavy atom. The minimum atomic E-state index is 0.405. The summed E-state index contributed by atoms with van der Waals surface area (Å²) in [7, 11) is 0. The average Bonchev–Trinajstić information content (AvgIpc) is 3.24. The van der Waals surface area contributed by atoms with Gasteiger partial charge in [-0.05, 0) is 39.0 Å². The summed E-state index contributed by atoms with van der Waals surface area (Å²) in [5.41, 5.74) is 9.92. The molecule has 25 heavy (non-hydrogen) atoms. The van der Waals surface area contributed by atoms with Crippen LogP contribution < -0.4 is 5.73 Å². The molecule has 128 valence electrons. The van der Waals surface area contributed by atoms with Gasteiger partial charge in [-0.25, -0.2) is 0 Å². The van der Waals surface area contributed by atoms with E-state index in [0.29, 0.717) is 34.7 Å². The third-order valence-electron chi connectivity index (χ3n) is 4.27. The van der Waals surface area contributed by atoms with Crippen molar-refractivity contribution in [2.75, 3.05) is 5.73 Å². The fraction of sp³-hybridized carbons (Fsp3) is 0.235. The van der Waals surface area contributed by atoms with Gasteiger partial charge in [0.25, 0.3) is 5.89 Å². The molecule has 0 atom stereocenters. The molecule has 3 aromatic heterocycles. The molecule has 0 unspecified atom stereocenters. The molecule has 7 nitrogen and oxygen atoms in total. The molecule has 0 aliphatic rings. The molecule has 0 spiro atoms. The number of aryl methyl sites for hydroxylation is 3. The van der Waals surface area contributed by atoms with Crippen molar-refractivity contribution < 1.29 is 9.05 Å². The maximum Gasteiger partial charge on any atom is 0.263 e. The standard InChI is InChI=1S/C17H16ClN5O2/c1-8-6-11-13(5-4-12(19)16(11)18)23(8)7-14-20-17(25-22-14)15-9(2)21-24-10(15)3/h4-6H,7,19H2,1-3H3. The van der Waals surface area contributed by atoms with Crippen LogP contribution in [0.25, 0.3) is 22.4 Å². The lowest BCUT2D eigenvalue weighted by atomic mass is 10.2. The van der Waals surface area contributed by atoms with Gasteiger partial charge in [0.2, 0.25) is 0 Å². The number of benzene rings is 1. The molecular weight excluding hydrogens is 342 g/mol. The predicted octanol–water partition coefficient (Wildman–Crippen LogP) is 3.89. The molecule has 4 rings (SSSR count). The Morgan fingerprint density at radius 2 is 1.96 bits per heavy atom. The summed E-state index contributed by atoms with van der Waals surface area (Å²) >= 11 is 6.32. The van der Waals surface area contributed by atoms with Crippen molar-refractivity contribution in [2.24, 2.45) is 0 Å². The summed E-state index contributed by atoms with van der Waals surface area (Å²) in [5.74, 6) is 1.61. The molecule has 1 aromatic carbocycles. The zero-order valence-corrected chi connectivity index (χ0v) is 14.8. The van der Waals surface area contributed by atoms with Gasteiger partial charge in [0.05, 0.1) is 28.5 Å². The number of aromatic nitrogens is 4. The van der Waals surface area contributed by atoms with E-state index < -0.39 is 0 Å². The van der Waals surface area contributed by atoms with E-state index >= 15 is 0 Å². The number of fused-ring (bicyclic) bond motifs is 1. The van der Waals surface area contributed by atoms with E-state index in [1.807, 2.05) is 32.9 Å². The van der Waals surface area contributed by atoms with E-state index in [4.69, 9.17) is 26.4 Å². The van der Waals surface area contributed by atoms with Crippen LogP contribution in [0.5, 0.6) is 0 Å². The van der Waals surface area contributed by atoms with Gasteiger partial charge in [-0.15, -0.1) is 0 Å². The highest BCUT2D eigenvalue weighted by molar-refractivity contribution is 6.38. The molecule has 0 saturated carbocycles. The highest BCUT2D eigenvalue weighted by Crippen LogP contribution is 2.32. The summed E-state index contributed by atoms with van der Waals surface area (Å²) in [4.78, 5) is 4.48. The van der Waals surface area contributed by atoms with Crippen LogP contribution >= 0.6 is 11.6 Å². The SMILES string of the molecule is Cc1noc(C)c1-c1nc(Cn2c(C)cc3c(Cl)c(N)ccc32)no1. The first-order chi connectivity index (χ1) is 12.0. The highest BCUT2D eigenvalue weighted by atomic mass is 35.5. The Morgan fingerprint density at radius 1 is 1.16 bits per heavy atom. The van der Waals surface area contributed by atoms with Crippen molar-refractivity contribution in [3.05, 3.63) is 46.2 Å². The van der Waals surface area contributed by atoms with E-state index in [9.17, 15) is 0 Å². The Bertz CT molecular complexity index is 1070. The van der Waals surface area contributed by atoms with Crippen LogP contribution in [-0.4, -0.2) is 19.9 Å². The number of rotatable bonds is 3. The first-order valence-electron chi connectivity index (χ1n) is 7.75. The number of hydrogen-bond acceptors (Lipinski definition) is 6. The molecule has 0 fully saturated rings. The maximum atomic E-state index is 6.32. The highest BCUT2D eigenvalue weighted by Gasteiger charge is 2.19. The van der Waals surface area contributed by atoms with Gasteiger partial charge in [-0.2, -0.15) is 4.98 Å². The van der Waals surface area contributed by atoms with Crippen LogP contribution in [0.1, 0.15) is 23.0 Å². The molecule has 8 heteroatoms. The Hall–Kier alpha value is -2.80. The monoisotopic (exact) mass is 357 g/mol. The maximum absolute atomic E-state index is 6.32. The fourth-order valence-electron chi connectivity index (χ4n) is 3.01. The molecular formula is C17H16ClN5O2. The lowest BCUT2D eigenvalue weighted by Gasteiger charge is -2.06. The van der Waals surface area contributed by atoms with Crippen molar-refractivity contribution in [1.29, 1.82) is 0 Å². The molecule has 4 aromatic rings. The van der Waals surface area contributed by atoms with E-state index in [2.05, 4.69) is 19.9 Å². The van der Waals surface area contributed by atoms with Gasteiger partial charge in [0.1, 0.15) is 11.3 Å². The van der Waals surface area contributed by atoms with Crippen molar-refractivity contribution in [1.82, 2.24) is 19.9 Å². The van der Waals surface area contributed by atoms with Crippen LogP contribution in [0.15, 0.2) is 27.2 Å². The summed E-state index contributed by atoms with van der Waals surface area (Å²) in [6.45, 7) is 6.12. The molecule has 0 aliphatic carbocycles. The zero-order chi connectivity index (χ0) is 17.7. The number of halogens is 1. The molecule has 0 radical (unpaired) electrons. The number of anilines is 1. The molecule has 0 aliphatic heterocycles. The Balaban J connectivity index is 1.74. The topological polar surface area (TPSA) is 95.9 Å². The van der Waals surface area contributed by atoms with Crippen molar-refractivity contribution in [3.63, 3.8) is 0 Å². The third-order valence-corrected chi connectivity index (χ3v) is 4.69. The Kier molecular flexibility index (Phi) is 3.54. The fourth-order valence-corrected chi connectivity index (χ4v) is 3.22. The van der Waals surface area contributed by atoms with Crippen LogP contribution in [0.3, 0.4) is 0 Å². The Labute approximate surface area is 148 Å². The van der Waals surface area contributed by atoms with E-state index in [0.717, 1.165) is 27.9 Å². The number of nitrogens with zero attached hydrogens (tertiary/aromatic N) is 4. The minimum absolute atomic E-state index is 0.405. The normalized spacial score (nSPS) is 11.5. The van der Waals surface area contributed by atoms with Crippen molar-refractivity contribution >= 4 is 28.2 Å². The zero-order valence-electron chi connectivity index (χ0n) is 14.0. The predicted molar refractivity (Wildman–Crippen MR) is 94.5 cm³/mol. The second kappa shape index (κ2) is 5.63. The van der Waals surface area contributed by atoms with Crippen LogP contribution in [-0.2, 0) is 6.54 Å². The quantitative estimate of drug-likeness (QED) is 0.559. The van der Waals surface area contributed by atoms with Gasteiger partial charge in [-0.3, -0.25) is 0 Å². The second-order valence-electron chi connectivity index (χ2n) is 5.99. The molecule has 2 N–H and O–H groups in total. The summed E-state index contributed by atoms with van der Waals surface area (Å²) in [5, 5.41) is 9.47. The summed E-state index contributed by atoms with van der Waals surface area (Å²) < 4.78 is 12.6. The van der Waals surface area contributed by atoms with Crippen molar-refractivity contribution in [2.45, 2.75) is 27.3 Å². The van der Waals surface area contributed by atoms with Crippen LogP contribution in [0.2, 0.25) is 5.02 Å². The van der Waals surface area contributed by atoms with E-state index in [1.165, 1.54) is 0 Å². The largest absolute Gasteiger partial charge is 0.398 e. The third kappa shape index (κ3) is 2.47. The van der Waals surface area contributed by atoms with E-state index in [1.54, 1.807) is 6.07 Å². The smallest absolute Gasteiger partial charge is 0.263 e. The van der Waals surface area contributed by atoms with Gasteiger partial charge >= 0.3 is 0 Å². The first-order valence-corrected chi connectivity index (χ1v) is 8.13. The van der Waals surface area contributed by atoms with Gasteiger partial charge in [-0.1, -0.05) is 21.9 Å². The van der Waals surface area contributed by atoms with Crippen molar-refractivity contribution in [3.8, 4) is 11.5 Å². The molecule has 3 heterocycles. The lowest BCUT2D eigenvalue weighted by molar-refractivity contribution is 0.391. The summed E-state index contributed by atoms with van der Waals surface area (Å²) in [6, 6.07) is 5.74. The number of nitrogens with two attached hydrogens (primary N) is 1. The van der Waals surface area contributed by atoms with Crippen LogP contribution in [0, 0.1) is 20.8 Å². The van der Waals surface area contributed by atoms with Gasteiger partial charge in [0, 0.05) is 11.1 Å². The number of nitrogen functional groups attached to an aromatic ring is 1. The number of hydrogen-bond donors (Lipinski definition) is 1. The summed E-state index contributed by atoms with van der Waals surface area (Å²) in [6.07, 6.45) is 0. The molecule has 0 bridgehead atoms. The molecule has 0 saturated heterocycles. The minimum Gasteiger partial charge on any atom is -0.398 e. The van der Waals surface area contributed by atoms with E-state index in [-0.39, 0.29) is 0 Å². The second-order valence-corrected chi connectivity index (χ2v) is 6.37. The molecule has 0 amide bonds. The lowest BCUT2D eigenvalue weighted by Crippen LogP contribution is -2.03. The van der Waals surface area contributed by atoms with Crippen LogP contribution in [0.4, 0.5) is 5.69 Å². The van der Waals surface area contributed by atoms with Gasteiger partial charge < -0.3 is 19.3 Å². The van der Waals surface area contributed by atoms with Gasteiger partial charge in [0.15, 0.2) is 5.82 Å². The average molecular weight is 358 g/mol. The first kappa shape index (κ1) is 15.7.